The van der Waals surface area contributed by atoms with Gasteiger partial charge in [-0.15, -0.1) is 11.3 Å². The monoisotopic (exact) mass is 573 g/mol. The molecule has 0 saturated heterocycles. The number of thiol groups is 1. The lowest BCUT2D eigenvalue weighted by Crippen LogP contribution is -2.31. The molecule has 210 valence electrons. The number of rotatable bonds is 7. The molecule has 3 heterocycles. The first-order valence-electron chi connectivity index (χ1n) is 14.1. The number of likely N-dealkylation sites (N-methyl/N-ethyl adjacent to an activating group) is 1. The van der Waals surface area contributed by atoms with Crippen LogP contribution in [0.2, 0.25) is 0 Å². The molecular weight excluding hydrogens is 535 g/mol. The van der Waals surface area contributed by atoms with Gasteiger partial charge in [-0.3, -0.25) is 3.97 Å². The lowest BCUT2D eigenvalue weighted by Gasteiger charge is -2.35. The van der Waals surface area contributed by atoms with Gasteiger partial charge in [0.25, 0.3) is 0 Å². The number of thiophene rings is 1. The van der Waals surface area contributed by atoms with E-state index < -0.39 is 0 Å². The van der Waals surface area contributed by atoms with Crippen LogP contribution >= 0.6 is 24.2 Å². The second kappa shape index (κ2) is 12.3. The Kier molecular flexibility index (Phi) is 8.83. The summed E-state index contributed by atoms with van der Waals surface area (Å²) in [6, 6.07) is 10.6. The molecule has 0 spiro atoms. The molecule has 0 bridgehead atoms. The van der Waals surface area contributed by atoms with Crippen LogP contribution in [0.1, 0.15) is 65.7 Å². The second-order valence-electron chi connectivity index (χ2n) is 11.2. The van der Waals surface area contributed by atoms with E-state index in [-0.39, 0.29) is 5.97 Å². The number of aromatic nitrogens is 2. The van der Waals surface area contributed by atoms with Gasteiger partial charge in [-0.05, 0) is 73.9 Å². The van der Waals surface area contributed by atoms with Crippen molar-refractivity contribution in [1.29, 1.82) is 0 Å². The quantitative estimate of drug-likeness (QED) is 0.176. The lowest BCUT2D eigenvalue weighted by atomic mass is 9.75. The Hall–Kier alpha value is -2.87. The van der Waals surface area contributed by atoms with E-state index in [2.05, 4.69) is 68.6 Å². The maximum atomic E-state index is 13.0. The molecule has 2 aliphatic rings. The first-order chi connectivity index (χ1) is 19.3. The Morgan fingerprint density at radius 1 is 1.18 bits per heavy atom. The highest BCUT2D eigenvalue weighted by Gasteiger charge is 2.30. The summed E-state index contributed by atoms with van der Waals surface area (Å²) >= 11 is 6.20. The molecule has 0 amide bonds. The fraction of sp³-hybridized carbons (Fsp3) is 0.394. The summed E-state index contributed by atoms with van der Waals surface area (Å²) in [5.41, 5.74) is 7.87. The predicted molar refractivity (Wildman–Crippen MR) is 171 cm³/mol. The third-order valence-electron chi connectivity index (χ3n) is 8.44. The molecule has 1 aliphatic heterocycles. The van der Waals surface area contributed by atoms with E-state index in [9.17, 15) is 4.79 Å². The van der Waals surface area contributed by atoms with E-state index in [4.69, 9.17) is 9.72 Å². The second-order valence-corrected chi connectivity index (χ2v) is 12.6. The molecule has 3 aromatic rings. The third-order valence-corrected chi connectivity index (χ3v) is 10.1. The summed E-state index contributed by atoms with van der Waals surface area (Å²) in [7, 11) is 3.69. The molecular formula is C33H39N3O2S2. The number of imidazole rings is 1. The third kappa shape index (κ3) is 5.78. The van der Waals surface area contributed by atoms with E-state index in [1.807, 2.05) is 23.0 Å². The number of ether oxygens (including phenoxy) is 1. The normalized spacial score (nSPS) is 20.3. The topological polar surface area (TPSA) is 47.4 Å². The minimum Gasteiger partial charge on any atom is -0.465 e. The molecule has 0 radical (unpaired) electrons. The fourth-order valence-corrected chi connectivity index (χ4v) is 7.39. The van der Waals surface area contributed by atoms with Crippen molar-refractivity contribution in [3.05, 3.63) is 76.5 Å². The molecule has 7 heteroatoms. The van der Waals surface area contributed by atoms with Crippen LogP contribution in [0.25, 0.3) is 33.5 Å². The smallest absolute Gasteiger partial charge is 0.348 e. The van der Waals surface area contributed by atoms with Crippen LogP contribution in [0.5, 0.6) is 0 Å². The molecule has 2 aromatic heterocycles. The summed E-state index contributed by atoms with van der Waals surface area (Å²) in [5, 5.41) is 0. The highest BCUT2D eigenvalue weighted by molar-refractivity contribution is 7.78. The van der Waals surface area contributed by atoms with Crippen molar-refractivity contribution < 1.29 is 9.53 Å². The van der Waals surface area contributed by atoms with Gasteiger partial charge in [0.2, 0.25) is 0 Å². The molecule has 5 rings (SSSR count). The largest absolute Gasteiger partial charge is 0.465 e. The van der Waals surface area contributed by atoms with Gasteiger partial charge in [-0.1, -0.05) is 75.6 Å². The van der Waals surface area contributed by atoms with Crippen LogP contribution in [-0.2, 0) is 4.74 Å². The zero-order valence-corrected chi connectivity index (χ0v) is 25.7. The lowest BCUT2D eigenvalue weighted by molar-refractivity contribution is 0.0606. The molecule has 40 heavy (non-hydrogen) atoms. The Morgan fingerprint density at radius 2 is 1.88 bits per heavy atom. The minimum atomic E-state index is -0.251. The van der Waals surface area contributed by atoms with Crippen molar-refractivity contribution in [3.8, 4) is 21.8 Å². The Bertz CT molecular complexity index is 1450. The summed E-state index contributed by atoms with van der Waals surface area (Å²) < 4.78 is 7.09. The van der Waals surface area contributed by atoms with Crippen molar-refractivity contribution in [2.45, 2.75) is 46.0 Å². The Balaban J connectivity index is 1.52. The van der Waals surface area contributed by atoms with Crippen molar-refractivity contribution >= 4 is 41.8 Å². The predicted octanol–water partition coefficient (Wildman–Crippen LogP) is 8.18. The summed E-state index contributed by atoms with van der Waals surface area (Å²) in [5.74, 6) is 1.95. The number of hydrogen-bond acceptors (Lipinski definition) is 6. The molecule has 0 unspecified atom stereocenters. The zero-order chi connectivity index (χ0) is 28.4. The van der Waals surface area contributed by atoms with E-state index in [0.717, 1.165) is 64.2 Å². The van der Waals surface area contributed by atoms with Crippen molar-refractivity contribution in [2.75, 3.05) is 27.2 Å². The zero-order valence-electron chi connectivity index (χ0n) is 23.9. The van der Waals surface area contributed by atoms with Crippen LogP contribution in [-0.4, -0.2) is 47.1 Å². The van der Waals surface area contributed by atoms with Crippen LogP contribution in [0.4, 0.5) is 0 Å². The summed E-state index contributed by atoms with van der Waals surface area (Å²) in [6.07, 6.45) is 11.6. The van der Waals surface area contributed by atoms with Crippen molar-refractivity contribution in [1.82, 2.24) is 13.9 Å². The van der Waals surface area contributed by atoms with Gasteiger partial charge < -0.3 is 9.64 Å². The molecule has 1 aliphatic carbocycles. The Labute approximate surface area is 247 Å². The summed E-state index contributed by atoms with van der Waals surface area (Å²) in [6.45, 7) is 10.1. The van der Waals surface area contributed by atoms with Crippen LogP contribution in [0.3, 0.4) is 0 Å². The maximum absolute atomic E-state index is 13.0. The van der Waals surface area contributed by atoms with E-state index >= 15 is 0 Å². The van der Waals surface area contributed by atoms with Crippen LogP contribution in [0.15, 0.2) is 54.6 Å². The SMILES string of the molecule is C=C/C=C\c1nc(-c2ccc(-c3cc(C4=C(C5CCC(C)CC5)CN(C)CC4)c(C(=O)OC)s3)cc2)n(S)c1C. The number of methoxy groups -OCH3 is 1. The average Bonchev–Trinajstić information content (AvgIpc) is 3.53. The minimum absolute atomic E-state index is 0.251. The van der Waals surface area contributed by atoms with Gasteiger partial charge in [0.1, 0.15) is 4.88 Å². The number of nitrogens with zero attached hydrogens (tertiary/aromatic N) is 3. The molecule has 1 saturated carbocycles. The van der Waals surface area contributed by atoms with Gasteiger partial charge >= 0.3 is 5.97 Å². The van der Waals surface area contributed by atoms with E-state index in [1.54, 1.807) is 6.08 Å². The van der Waals surface area contributed by atoms with Gasteiger partial charge in [-0.2, -0.15) is 0 Å². The van der Waals surface area contributed by atoms with Crippen molar-refractivity contribution in [3.63, 3.8) is 0 Å². The van der Waals surface area contributed by atoms with Gasteiger partial charge in [0.05, 0.1) is 18.5 Å². The first-order valence-corrected chi connectivity index (χ1v) is 15.3. The van der Waals surface area contributed by atoms with Gasteiger partial charge in [0.15, 0.2) is 5.82 Å². The average molecular weight is 574 g/mol. The number of hydrogen-bond donors (Lipinski definition) is 1. The number of carbonyl (C=O) groups excluding carboxylic acids is 1. The standard InChI is InChI=1S/C33H39N3O2S2/c1-6-7-8-29-22(3)36(39)32(34-29)25-15-13-24(14-16-25)30-19-27(31(40-30)33(37)38-5)26-17-18-35(4)20-28(26)23-11-9-21(2)10-12-23/h6-8,13-16,19,21,23,39H,1,9-12,17-18,20H2,2-5H3/b8-7-. The number of esters is 1. The molecule has 0 N–H and O–H groups in total. The molecule has 1 aromatic carbocycles. The van der Waals surface area contributed by atoms with Gasteiger partial charge in [-0.25, -0.2) is 9.78 Å². The fourth-order valence-electron chi connectivity index (χ4n) is 6.02. The summed E-state index contributed by atoms with van der Waals surface area (Å²) in [4.78, 5) is 22.0. The van der Waals surface area contributed by atoms with Crippen LogP contribution in [0, 0.1) is 18.8 Å². The Morgan fingerprint density at radius 3 is 2.55 bits per heavy atom. The number of carbonyl (C=O) groups is 1. The van der Waals surface area contributed by atoms with E-state index in [0.29, 0.717) is 10.8 Å². The maximum Gasteiger partial charge on any atom is 0.348 e. The van der Waals surface area contributed by atoms with E-state index in [1.165, 1.54) is 55.3 Å². The van der Waals surface area contributed by atoms with Crippen LogP contribution < -0.4 is 0 Å². The number of benzene rings is 1. The highest BCUT2D eigenvalue weighted by Crippen LogP contribution is 2.43. The first kappa shape index (κ1) is 28.7. The number of allylic oxidation sites excluding steroid dienone is 2. The molecule has 5 nitrogen and oxygen atoms in total. The molecule has 1 fully saturated rings. The molecule has 0 atom stereocenters. The van der Waals surface area contributed by atoms with Gasteiger partial charge in [0, 0.05) is 29.1 Å². The highest BCUT2D eigenvalue weighted by atomic mass is 32.1. The van der Waals surface area contributed by atoms with Crippen molar-refractivity contribution in [2.24, 2.45) is 11.8 Å².